The molecular weight excluding hydrogens is 426 g/mol. The normalized spacial score (nSPS) is 10.7. The van der Waals surface area contributed by atoms with Crippen LogP contribution in [0.4, 0.5) is 5.69 Å². The minimum absolute atomic E-state index is 0.0352. The van der Waals surface area contributed by atoms with Gasteiger partial charge >= 0.3 is 0 Å². The summed E-state index contributed by atoms with van der Waals surface area (Å²) < 4.78 is 7.14. The molecule has 3 N–H and O–H groups in total. The van der Waals surface area contributed by atoms with Gasteiger partial charge in [0.1, 0.15) is 6.54 Å². The van der Waals surface area contributed by atoms with Gasteiger partial charge in [0, 0.05) is 17.8 Å². The summed E-state index contributed by atoms with van der Waals surface area (Å²) in [6.45, 7) is 2.33. The molecule has 4 aromatic rings. The third-order valence-electron chi connectivity index (χ3n) is 4.76. The Kier molecular flexibility index (Phi) is 6.27. The summed E-state index contributed by atoms with van der Waals surface area (Å²) in [5.41, 5.74) is 3.42. The van der Waals surface area contributed by atoms with E-state index in [1.165, 1.54) is 6.26 Å². The van der Waals surface area contributed by atoms with Gasteiger partial charge in [-0.15, -0.1) is 0 Å². The maximum atomic E-state index is 12.6. The zero-order chi connectivity index (χ0) is 22.5. The Morgan fingerprint density at radius 1 is 1.12 bits per heavy atom. The molecule has 2 amide bonds. The summed E-state index contributed by atoms with van der Waals surface area (Å²) in [6.07, 6.45) is 1.44. The molecule has 0 saturated carbocycles. The van der Waals surface area contributed by atoms with E-state index in [1.807, 2.05) is 37.3 Å². The summed E-state index contributed by atoms with van der Waals surface area (Å²) in [5.74, 6) is 0.289. The molecule has 0 fully saturated rings. The van der Waals surface area contributed by atoms with Crippen LogP contribution in [0.1, 0.15) is 21.7 Å². The molecule has 32 heavy (non-hydrogen) atoms. The average Bonchev–Trinajstić information content (AvgIpc) is 3.44. The molecule has 0 spiro atoms. The van der Waals surface area contributed by atoms with E-state index in [2.05, 4.69) is 20.8 Å². The highest BCUT2D eigenvalue weighted by Crippen LogP contribution is 2.18. The summed E-state index contributed by atoms with van der Waals surface area (Å²) in [6, 6.07) is 18.3. The van der Waals surface area contributed by atoms with Crippen LogP contribution in [0.3, 0.4) is 0 Å². The number of nitrogens with one attached hydrogen (secondary N) is 3. The number of furan rings is 1. The molecule has 8 nitrogen and oxygen atoms in total. The first kappa shape index (κ1) is 21.3. The standard InChI is InChI=1S/C23H21N5O3S/c1-15-5-2-7-17(11-15)21-26-27-23(32)28(21)14-20(29)24-13-16-6-3-8-18(12-16)25-22(30)19-9-4-10-31-19/h2-12H,13-14H2,1H3,(H,24,29)(H,25,30)(H,27,32). The number of carbonyl (C=O) groups is 2. The van der Waals surface area contributed by atoms with Crippen molar-refractivity contribution >= 4 is 29.7 Å². The number of hydrogen-bond donors (Lipinski definition) is 3. The molecule has 0 atom stereocenters. The summed E-state index contributed by atoms with van der Waals surface area (Å²) >= 11 is 5.31. The van der Waals surface area contributed by atoms with E-state index in [-0.39, 0.29) is 24.1 Å². The first-order valence-corrected chi connectivity index (χ1v) is 10.3. The zero-order valence-electron chi connectivity index (χ0n) is 17.3. The highest BCUT2D eigenvalue weighted by Gasteiger charge is 2.13. The van der Waals surface area contributed by atoms with Gasteiger partial charge in [0.25, 0.3) is 5.91 Å². The van der Waals surface area contributed by atoms with Crippen molar-refractivity contribution in [3.63, 3.8) is 0 Å². The van der Waals surface area contributed by atoms with Crippen molar-refractivity contribution in [2.45, 2.75) is 20.0 Å². The lowest BCUT2D eigenvalue weighted by Crippen LogP contribution is -2.27. The van der Waals surface area contributed by atoms with Crippen molar-refractivity contribution in [3.05, 3.63) is 88.6 Å². The van der Waals surface area contributed by atoms with Gasteiger partial charge in [-0.2, -0.15) is 5.10 Å². The first-order chi connectivity index (χ1) is 15.5. The summed E-state index contributed by atoms with van der Waals surface area (Å²) in [7, 11) is 0. The number of amides is 2. The molecule has 0 saturated heterocycles. The van der Waals surface area contributed by atoms with E-state index >= 15 is 0 Å². The molecule has 0 bridgehead atoms. The number of hydrogen-bond acceptors (Lipinski definition) is 5. The fourth-order valence-corrected chi connectivity index (χ4v) is 3.43. The Balaban J connectivity index is 1.39. The van der Waals surface area contributed by atoms with Gasteiger partial charge in [-0.1, -0.05) is 35.9 Å². The summed E-state index contributed by atoms with van der Waals surface area (Å²) in [4.78, 5) is 24.7. The zero-order valence-corrected chi connectivity index (χ0v) is 18.1. The van der Waals surface area contributed by atoms with Crippen LogP contribution >= 0.6 is 12.2 Å². The average molecular weight is 448 g/mol. The molecule has 2 heterocycles. The van der Waals surface area contributed by atoms with E-state index in [0.717, 1.165) is 16.7 Å². The second-order valence-electron chi connectivity index (χ2n) is 7.22. The van der Waals surface area contributed by atoms with E-state index < -0.39 is 0 Å². The van der Waals surface area contributed by atoms with Crippen molar-refractivity contribution in [3.8, 4) is 11.4 Å². The van der Waals surface area contributed by atoms with Crippen LogP contribution in [0.2, 0.25) is 0 Å². The van der Waals surface area contributed by atoms with Crippen molar-refractivity contribution < 1.29 is 14.0 Å². The minimum Gasteiger partial charge on any atom is -0.459 e. The fourth-order valence-electron chi connectivity index (χ4n) is 3.23. The van der Waals surface area contributed by atoms with Crippen LogP contribution < -0.4 is 10.6 Å². The number of aromatic amines is 1. The third-order valence-corrected chi connectivity index (χ3v) is 5.07. The maximum Gasteiger partial charge on any atom is 0.291 e. The predicted molar refractivity (Wildman–Crippen MR) is 123 cm³/mol. The van der Waals surface area contributed by atoms with E-state index in [4.69, 9.17) is 16.6 Å². The molecule has 0 aliphatic carbocycles. The number of rotatable bonds is 7. The van der Waals surface area contributed by atoms with Gasteiger partial charge in [0.15, 0.2) is 16.4 Å². The number of aromatic nitrogens is 3. The SMILES string of the molecule is Cc1cccc(-c2n[nH]c(=S)n2CC(=O)NCc2cccc(NC(=O)c3ccco3)c2)c1. The Morgan fingerprint density at radius 2 is 1.97 bits per heavy atom. The Morgan fingerprint density at radius 3 is 2.75 bits per heavy atom. The number of H-pyrrole nitrogens is 1. The fraction of sp³-hybridized carbons (Fsp3) is 0.130. The van der Waals surface area contributed by atoms with Crippen LogP contribution in [0.15, 0.2) is 71.3 Å². The van der Waals surface area contributed by atoms with Gasteiger partial charge in [-0.25, -0.2) is 0 Å². The van der Waals surface area contributed by atoms with Crippen LogP contribution in [0, 0.1) is 11.7 Å². The lowest BCUT2D eigenvalue weighted by Gasteiger charge is -2.10. The molecule has 2 aromatic heterocycles. The third kappa shape index (κ3) is 5.01. The molecule has 0 aliphatic heterocycles. The van der Waals surface area contributed by atoms with Crippen molar-refractivity contribution in [1.82, 2.24) is 20.1 Å². The van der Waals surface area contributed by atoms with E-state index in [0.29, 0.717) is 22.8 Å². The number of aryl methyl sites for hydroxylation is 1. The molecule has 2 aromatic carbocycles. The lowest BCUT2D eigenvalue weighted by molar-refractivity contribution is -0.121. The smallest absolute Gasteiger partial charge is 0.291 e. The maximum absolute atomic E-state index is 12.6. The monoisotopic (exact) mass is 447 g/mol. The van der Waals surface area contributed by atoms with E-state index in [9.17, 15) is 9.59 Å². The van der Waals surface area contributed by atoms with Crippen LogP contribution in [-0.4, -0.2) is 26.6 Å². The number of anilines is 1. The number of nitrogens with zero attached hydrogens (tertiary/aromatic N) is 2. The molecule has 4 rings (SSSR count). The van der Waals surface area contributed by atoms with E-state index in [1.54, 1.807) is 34.9 Å². The van der Waals surface area contributed by atoms with Crippen molar-refractivity contribution in [2.24, 2.45) is 0 Å². The molecule has 9 heteroatoms. The first-order valence-electron chi connectivity index (χ1n) is 9.92. The minimum atomic E-state index is -0.339. The highest BCUT2D eigenvalue weighted by atomic mass is 32.1. The second-order valence-corrected chi connectivity index (χ2v) is 7.60. The molecule has 162 valence electrons. The lowest BCUT2D eigenvalue weighted by atomic mass is 10.1. The number of benzene rings is 2. The van der Waals surface area contributed by atoms with Crippen LogP contribution in [0.25, 0.3) is 11.4 Å². The van der Waals surface area contributed by atoms with Gasteiger partial charge in [0.05, 0.1) is 6.26 Å². The second kappa shape index (κ2) is 9.44. The van der Waals surface area contributed by atoms with Crippen LogP contribution in [-0.2, 0) is 17.9 Å². The molecule has 0 radical (unpaired) electrons. The van der Waals surface area contributed by atoms with Gasteiger partial charge in [0.2, 0.25) is 5.91 Å². The molecule has 0 aliphatic rings. The largest absolute Gasteiger partial charge is 0.459 e. The Bertz CT molecular complexity index is 1310. The van der Waals surface area contributed by atoms with Gasteiger partial charge in [-0.3, -0.25) is 19.3 Å². The van der Waals surface area contributed by atoms with Crippen molar-refractivity contribution in [2.75, 3.05) is 5.32 Å². The number of carbonyl (C=O) groups excluding carboxylic acids is 2. The molecular formula is C23H21N5O3S. The van der Waals surface area contributed by atoms with Crippen molar-refractivity contribution in [1.29, 1.82) is 0 Å². The summed E-state index contributed by atoms with van der Waals surface area (Å²) in [5, 5.41) is 12.7. The topological polar surface area (TPSA) is 105 Å². The Labute approximate surface area is 189 Å². The highest BCUT2D eigenvalue weighted by molar-refractivity contribution is 7.71. The van der Waals surface area contributed by atoms with Crippen LogP contribution in [0.5, 0.6) is 0 Å². The Hall–Kier alpha value is -3.98. The quantitative estimate of drug-likeness (QED) is 0.370. The molecule has 0 unspecified atom stereocenters. The van der Waals surface area contributed by atoms with Gasteiger partial charge < -0.3 is 15.1 Å². The predicted octanol–water partition coefficient (Wildman–Crippen LogP) is 4.08. The van der Waals surface area contributed by atoms with Gasteiger partial charge in [-0.05, 0) is 55.0 Å².